The molecule has 7 nitrogen and oxygen atoms in total. The van der Waals surface area contributed by atoms with Crippen molar-refractivity contribution < 1.29 is 14.4 Å². The van der Waals surface area contributed by atoms with Crippen LogP contribution in [-0.2, 0) is 22.7 Å². The van der Waals surface area contributed by atoms with Gasteiger partial charge in [0.25, 0.3) is 5.91 Å². The maximum Gasteiger partial charge on any atom is 0.255 e. The second kappa shape index (κ2) is 7.40. The van der Waals surface area contributed by atoms with Gasteiger partial charge in [-0.05, 0) is 50.0 Å². The summed E-state index contributed by atoms with van der Waals surface area (Å²) in [6.45, 7) is 6.50. The maximum absolute atomic E-state index is 12.9. The van der Waals surface area contributed by atoms with Gasteiger partial charge in [0.15, 0.2) is 0 Å². The Hall–Kier alpha value is -2.25. The number of hydrogen-bond acceptors (Lipinski definition) is 5. The summed E-state index contributed by atoms with van der Waals surface area (Å²) in [5.74, 6) is -0.724. The first-order valence-electron chi connectivity index (χ1n) is 9.74. The van der Waals surface area contributed by atoms with Gasteiger partial charge < -0.3 is 10.2 Å². The number of nitrogens with one attached hydrogen (secondary N) is 2. The van der Waals surface area contributed by atoms with E-state index in [9.17, 15) is 14.4 Å². The quantitative estimate of drug-likeness (QED) is 0.763. The van der Waals surface area contributed by atoms with E-state index < -0.39 is 6.04 Å². The first-order valence-corrected chi connectivity index (χ1v) is 9.74. The van der Waals surface area contributed by atoms with Gasteiger partial charge in [0.1, 0.15) is 6.04 Å². The third-order valence-corrected chi connectivity index (χ3v) is 5.75. The molecule has 0 bridgehead atoms. The molecule has 27 heavy (non-hydrogen) atoms. The summed E-state index contributed by atoms with van der Waals surface area (Å²) in [6, 6.07) is 5.76. The van der Waals surface area contributed by atoms with Crippen LogP contribution in [0.4, 0.5) is 0 Å². The van der Waals surface area contributed by atoms with E-state index in [4.69, 9.17) is 0 Å². The summed E-state index contributed by atoms with van der Waals surface area (Å²) in [4.78, 5) is 40.6. The molecular weight excluding hydrogens is 344 g/mol. The number of fused-ring (bicyclic) bond motifs is 1. The third-order valence-electron chi connectivity index (χ3n) is 5.75. The van der Waals surface area contributed by atoms with Crippen LogP contribution in [0.15, 0.2) is 18.2 Å². The zero-order chi connectivity index (χ0) is 19.0. The largest absolute Gasteiger partial charge is 0.322 e. The van der Waals surface area contributed by atoms with E-state index in [1.807, 2.05) is 12.1 Å². The Morgan fingerprint density at radius 3 is 2.89 bits per heavy atom. The van der Waals surface area contributed by atoms with E-state index in [0.717, 1.165) is 43.7 Å². The molecule has 7 heteroatoms. The van der Waals surface area contributed by atoms with Crippen molar-refractivity contribution in [3.05, 3.63) is 34.9 Å². The normalized spacial score (nSPS) is 26.7. The number of piperidine rings is 1. The van der Waals surface area contributed by atoms with Crippen LogP contribution < -0.4 is 10.6 Å². The van der Waals surface area contributed by atoms with Crippen LogP contribution in [0.3, 0.4) is 0 Å². The van der Waals surface area contributed by atoms with E-state index >= 15 is 0 Å². The molecule has 1 aromatic carbocycles. The minimum Gasteiger partial charge on any atom is -0.322 e. The van der Waals surface area contributed by atoms with Crippen LogP contribution >= 0.6 is 0 Å². The Morgan fingerprint density at radius 2 is 2.07 bits per heavy atom. The molecule has 3 heterocycles. The number of carbonyl (C=O) groups excluding carboxylic acids is 3. The van der Waals surface area contributed by atoms with Crippen molar-refractivity contribution in [1.82, 2.24) is 20.4 Å². The summed E-state index contributed by atoms with van der Waals surface area (Å²) in [5, 5.41) is 5.86. The maximum atomic E-state index is 12.9. The Kier molecular flexibility index (Phi) is 4.97. The number of amides is 3. The molecule has 144 valence electrons. The van der Waals surface area contributed by atoms with Crippen molar-refractivity contribution in [1.29, 1.82) is 0 Å². The average molecular weight is 370 g/mol. The minimum atomic E-state index is -0.558. The number of hydrogen-bond donors (Lipinski definition) is 2. The molecule has 0 aliphatic carbocycles. The lowest BCUT2D eigenvalue weighted by Crippen LogP contribution is -2.52. The molecule has 1 aromatic rings. The van der Waals surface area contributed by atoms with Crippen LogP contribution in [-0.4, -0.2) is 59.2 Å². The molecule has 4 rings (SSSR count). The van der Waals surface area contributed by atoms with Crippen molar-refractivity contribution in [3.8, 4) is 0 Å². The highest BCUT2D eigenvalue weighted by molar-refractivity contribution is 6.05. The van der Waals surface area contributed by atoms with Gasteiger partial charge in [-0.1, -0.05) is 12.1 Å². The highest BCUT2D eigenvalue weighted by Gasteiger charge is 2.39. The standard InChI is InChI=1S/C20H26N4O3/c1-13-10-23(9-3-8-21-13)11-14-4-2-5-15-16(14)12-24(20(15)27)17-6-7-18(25)22-19(17)26/h2,4-5,13,17,21H,3,6-12H2,1H3,(H,22,25,26). The van der Waals surface area contributed by atoms with E-state index in [1.165, 1.54) is 0 Å². The molecule has 0 radical (unpaired) electrons. The van der Waals surface area contributed by atoms with E-state index in [2.05, 4.69) is 28.5 Å². The Balaban J connectivity index is 1.54. The van der Waals surface area contributed by atoms with Gasteiger partial charge in [0, 0.05) is 37.7 Å². The second-order valence-corrected chi connectivity index (χ2v) is 7.79. The van der Waals surface area contributed by atoms with Gasteiger partial charge in [-0.2, -0.15) is 0 Å². The Bertz CT molecular complexity index is 778. The Labute approximate surface area is 159 Å². The van der Waals surface area contributed by atoms with E-state index in [-0.39, 0.29) is 24.1 Å². The topological polar surface area (TPSA) is 81.8 Å². The third kappa shape index (κ3) is 3.61. The van der Waals surface area contributed by atoms with Crippen LogP contribution in [0.1, 0.15) is 47.7 Å². The molecule has 3 aliphatic heterocycles. The summed E-state index contributed by atoms with van der Waals surface area (Å²) in [5.41, 5.74) is 2.87. The molecule has 2 N–H and O–H groups in total. The van der Waals surface area contributed by atoms with Gasteiger partial charge in [0.05, 0.1) is 0 Å². The van der Waals surface area contributed by atoms with Crippen molar-refractivity contribution in [2.75, 3.05) is 19.6 Å². The number of benzene rings is 1. The molecule has 2 atom stereocenters. The van der Waals surface area contributed by atoms with Crippen molar-refractivity contribution in [2.45, 2.75) is 51.4 Å². The van der Waals surface area contributed by atoms with Crippen LogP contribution in [0.5, 0.6) is 0 Å². The van der Waals surface area contributed by atoms with Crippen molar-refractivity contribution in [3.63, 3.8) is 0 Å². The summed E-state index contributed by atoms with van der Waals surface area (Å²) < 4.78 is 0. The molecule has 2 fully saturated rings. The summed E-state index contributed by atoms with van der Waals surface area (Å²) in [7, 11) is 0. The molecule has 0 saturated carbocycles. The fraction of sp³-hybridized carbons (Fsp3) is 0.550. The zero-order valence-electron chi connectivity index (χ0n) is 15.7. The molecular formula is C20H26N4O3. The number of rotatable bonds is 3. The second-order valence-electron chi connectivity index (χ2n) is 7.79. The van der Waals surface area contributed by atoms with Gasteiger partial charge in [-0.15, -0.1) is 0 Å². The molecule has 2 unspecified atom stereocenters. The number of carbonyl (C=O) groups is 3. The Morgan fingerprint density at radius 1 is 1.22 bits per heavy atom. The zero-order valence-corrected chi connectivity index (χ0v) is 15.7. The lowest BCUT2D eigenvalue weighted by atomic mass is 10.0. The van der Waals surface area contributed by atoms with Crippen LogP contribution in [0, 0.1) is 0 Å². The van der Waals surface area contributed by atoms with Gasteiger partial charge in [-0.3, -0.25) is 24.6 Å². The molecule has 0 aromatic heterocycles. The fourth-order valence-electron chi connectivity index (χ4n) is 4.38. The van der Waals surface area contributed by atoms with E-state index in [1.54, 1.807) is 4.90 Å². The number of imide groups is 1. The smallest absolute Gasteiger partial charge is 0.255 e. The first-order chi connectivity index (χ1) is 13.0. The first kappa shape index (κ1) is 18.1. The lowest BCUT2D eigenvalue weighted by Gasteiger charge is -2.29. The number of nitrogens with zero attached hydrogens (tertiary/aromatic N) is 2. The average Bonchev–Trinajstić information content (AvgIpc) is 2.82. The molecule has 3 amide bonds. The summed E-state index contributed by atoms with van der Waals surface area (Å²) >= 11 is 0. The SMILES string of the molecule is CC1CN(Cc2cccc3c2CN(C2CCC(=O)NC2=O)C3=O)CCCN1. The molecule has 0 spiro atoms. The summed E-state index contributed by atoms with van der Waals surface area (Å²) in [6.07, 6.45) is 1.79. The van der Waals surface area contributed by atoms with Crippen LogP contribution in [0.25, 0.3) is 0 Å². The van der Waals surface area contributed by atoms with Gasteiger partial charge in [-0.25, -0.2) is 0 Å². The van der Waals surface area contributed by atoms with Crippen molar-refractivity contribution >= 4 is 17.7 Å². The van der Waals surface area contributed by atoms with E-state index in [0.29, 0.717) is 24.6 Å². The van der Waals surface area contributed by atoms with Gasteiger partial charge >= 0.3 is 0 Å². The lowest BCUT2D eigenvalue weighted by molar-refractivity contribution is -0.136. The molecule has 3 aliphatic rings. The highest BCUT2D eigenvalue weighted by atomic mass is 16.2. The minimum absolute atomic E-state index is 0.104. The predicted molar refractivity (Wildman–Crippen MR) is 99.8 cm³/mol. The molecule has 2 saturated heterocycles. The highest BCUT2D eigenvalue weighted by Crippen LogP contribution is 2.30. The fourth-order valence-corrected chi connectivity index (χ4v) is 4.38. The van der Waals surface area contributed by atoms with Crippen molar-refractivity contribution in [2.24, 2.45) is 0 Å². The monoisotopic (exact) mass is 370 g/mol. The van der Waals surface area contributed by atoms with Crippen LogP contribution in [0.2, 0.25) is 0 Å². The predicted octanol–water partition coefficient (Wildman–Crippen LogP) is 0.631. The van der Waals surface area contributed by atoms with Gasteiger partial charge in [0.2, 0.25) is 11.8 Å².